The van der Waals surface area contributed by atoms with Gasteiger partial charge in [0.1, 0.15) is 5.76 Å². The molecule has 0 bridgehead atoms. The molecule has 1 N–H and O–H groups in total. The van der Waals surface area contributed by atoms with E-state index >= 15 is 0 Å². The summed E-state index contributed by atoms with van der Waals surface area (Å²) in [6.07, 6.45) is 2.17. The van der Waals surface area contributed by atoms with Crippen molar-refractivity contribution in [3.05, 3.63) is 41.7 Å². The van der Waals surface area contributed by atoms with Gasteiger partial charge in [0.25, 0.3) is 5.91 Å². The molecule has 3 rings (SSSR count). The van der Waals surface area contributed by atoms with Crippen molar-refractivity contribution in [3.63, 3.8) is 0 Å². The van der Waals surface area contributed by atoms with E-state index in [1.165, 1.54) is 0 Å². The highest BCUT2D eigenvalue weighted by Crippen LogP contribution is 2.23. The first-order valence-electron chi connectivity index (χ1n) is 9.31. The average molecular weight is 374 g/mol. The number of rotatable bonds is 7. The molecule has 0 aliphatic carbocycles. The summed E-state index contributed by atoms with van der Waals surface area (Å²) in [6.45, 7) is 8.12. The lowest BCUT2D eigenvalue weighted by Crippen LogP contribution is -2.45. The lowest BCUT2D eigenvalue weighted by atomic mass is 10.1. The van der Waals surface area contributed by atoms with Crippen LogP contribution in [0, 0.1) is 6.92 Å². The van der Waals surface area contributed by atoms with E-state index in [1.54, 1.807) is 19.3 Å². The molecule has 0 radical (unpaired) electrons. The van der Waals surface area contributed by atoms with E-state index in [4.69, 9.17) is 8.94 Å². The first-order chi connectivity index (χ1) is 13.0. The number of likely N-dealkylation sites (N-methyl/N-ethyl adjacent to an activating group) is 1. The minimum absolute atomic E-state index is 0.0822. The van der Waals surface area contributed by atoms with Crippen molar-refractivity contribution in [2.75, 3.05) is 19.6 Å². The highest BCUT2D eigenvalue weighted by atomic mass is 16.5. The molecule has 0 unspecified atom stereocenters. The molecule has 0 aromatic carbocycles. The Morgan fingerprint density at radius 2 is 2.15 bits per heavy atom. The summed E-state index contributed by atoms with van der Waals surface area (Å²) in [7, 11) is 0. The lowest BCUT2D eigenvalue weighted by molar-refractivity contribution is -0.135. The normalized spacial score (nSPS) is 20.0. The quantitative estimate of drug-likeness (QED) is 0.795. The van der Waals surface area contributed by atoms with E-state index < -0.39 is 0 Å². The summed E-state index contributed by atoms with van der Waals surface area (Å²) in [5.41, 5.74) is 0.653. The van der Waals surface area contributed by atoms with Crippen LogP contribution < -0.4 is 5.32 Å². The summed E-state index contributed by atoms with van der Waals surface area (Å²) in [4.78, 5) is 29.2. The van der Waals surface area contributed by atoms with Crippen molar-refractivity contribution in [2.45, 2.75) is 45.8 Å². The standard InChI is InChI=1S/C19H26N4O4/c1-4-22(5-2)19(25)16-10-14(11-23(16)12-15-7-6-8-26-15)20-18(24)17-9-13(3)21-27-17/h6-9,14,16H,4-5,10-12H2,1-3H3,(H,20,24)/t14-,16-/m0/s1. The molecule has 2 aromatic rings. The Morgan fingerprint density at radius 3 is 2.74 bits per heavy atom. The number of furan rings is 1. The first kappa shape index (κ1) is 19.2. The molecular formula is C19H26N4O4. The van der Waals surface area contributed by atoms with Crippen molar-refractivity contribution in [2.24, 2.45) is 0 Å². The molecule has 1 aliphatic rings. The van der Waals surface area contributed by atoms with E-state index in [0.29, 0.717) is 38.3 Å². The fraction of sp³-hybridized carbons (Fsp3) is 0.526. The maximum absolute atomic E-state index is 13.0. The van der Waals surface area contributed by atoms with Crippen LogP contribution in [0.25, 0.3) is 0 Å². The Labute approximate surface area is 158 Å². The Kier molecular flexibility index (Phi) is 5.95. The third-order valence-electron chi connectivity index (χ3n) is 4.89. The van der Waals surface area contributed by atoms with E-state index in [0.717, 1.165) is 5.76 Å². The van der Waals surface area contributed by atoms with E-state index in [1.807, 2.05) is 30.9 Å². The molecule has 8 nitrogen and oxygen atoms in total. The zero-order chi connectivity index (χ0) is 19.4. The molecule has 1 fully saturated rings. The Hall–Kier alpha value is -2.61. The van der Waals surface area contributed by atoms with Gasteiger partial charge in [-0.05, 0) is 39.3 Å². The predicted octanol–water partition coefficient (Wildman–Crippen LogP) is 1.82. The second kappa shape index (κ2) is 8.39. The zero-order valence-electron chi connectivity index (χ0n) is 16.0. The Bertz CT molecular complexity index is 767. The van der Waals surface area contributed by atoms with Gasteiger partial charge >= 0.3 is 0 Å². The van der Waals surface area contributed by atoms with Gasteiger partial charge in [0.05, 0.1) is 24.5 Å². The maximum atomic E-state index is 13.0. The molecule has 0 saturated carbocycles. The second-order valence-corrected chi connectivity index (χ2v) is 6.77. The maximum Gasteiger partial charge on any atom is 0.290 e. The minimum Gasteiger partial charge on any atom is -0.468 e. The van der Waals surface area contributed by atoms with E-state index in [-0.39, 0.29) is 29.7 Å². The number of aryl methyl sites for hydroxylation is 1. The van der Waals surface area contributed by atoms with Crippen molar-refractivity contribution in [1.29, 1.82) is 0 Å². The summed E-state index contributed by atoms with van der Waals surface area (Å²) in [6, 6.07) is 4.88. The number of hydrogen-bond acceptors (Lipinski definition) is 6. The fourth-order valence-electron chi connectivity index (χ4n) is 3.52. The number of aromatic nitrogens is 1. The predicted molar refractivity (Wildman–Crippen MR) is 97.9 cm³/mol. The smallest absolute Gasteiger partial charge is 0.290 e. The van der Waals surface area contributed by atoms with E-state index in [9.17, 15) is 9.59 Å². The number of amides is 2. The molecular weight excluding hydrogens is 348 g/mol. The molecule has 2 amide bonds. The van der Waals surface area contributed by atoms with Gasteiger partial charge < -0.3 is 19.2 Å². The van der Waals surface area contributed by atoms with E-state index in [2.05, 4.69) is 15.4 Å². The van der Waals surface area contributed by atoms with Gasteiger partial charge in [0.2, 0.25) is 11.7 Å². The molecule has 3 heterocycles. The molecule has 146 valence electrons. The number of carbonyl (C=O) groups is 2. The molecule has 2 aromatic heterocycles. The summed E-state index contributed by atoms with van der Waals surface area (Å²) >= 11 is 0. The third-order valence-corrected chi connectivity index (χ3v) is 4.89. The first-order valence-corrected chi connectivity index (χ1v) is 9.31. The van der Waals surface area contributed by atoms with Crippen LogP contribution in [0.1, 0.15) is 42.3 Å². The lowest BCUT2D eigenvalue weighted by Gasteiger charge is -2.28. The molecule has 0 spiro atoms. The van der Waals surface area contributed by atoms with Gasteiger partial charge in [-0.15, -0.1) is 0 Å². The van der Waals surface area contributed by atoms with Gasteiger partial charge in [0.15, 0.2) is 0 Å². The molecule has 8 heteroatoms. The molecule has 1 saturated heterocycles. The Morgan fingerprint density at radius 1 is 1.37 bits per heavy atom. The van der Waals surface area contributed by atoms with Crippen LogP contribution in [0.2, 0.25) is 0 Å². The largest absolute Gasteiger partial charge is 0.468 e. The van der Waals surface area contributed by atoms with Crippen LogP contribution in [0.3, 0.4) is 0 Å². The molecule has 2 atom stereocenters. The average Bonchev–Trinajstić information content (AvgIpc) is 3.38. The van der Waals surface area contributed by atoms with Crippen LogP contribution >= 0.6 is 0 Å². The summed E-state index contributed by atoms with van der Waals surface area (Å²) in [5.74, 6) is 0.752. The van der Waals surface area contributed by atoms with Gasteiger partial charge in [-0.3, -0.25) is 14.5 Å². The van der Waals surface area contributed by atoms with Crippen LogP contribution in [-0.2, 0) is 11.3 Å². The summed E-state index contributed by atoms with van der Waals surface area (Å²) in [5, 5.41) is 6.71. The second-order valence-electron chi connectivity index (χ2n) is 6.77. The third kappa shape index (κ3) is 4.39. The minimum atomic E-state index is -0.311. The van der Waals surface area contributed by atoms with Gasteiger partial charge in [-0.25, -0.2) is 0 Å². The SMILES string of the molecule is CCN(CC)C(=O)[C@@H]1C[C@H](NC(=O)c2cc(C)no2)CN1Cc1ccco1. The van der Waals surface area contributed by atoms with Crippen LogP contribution in [0.15, 0.2) is 33.4 Å². The van der Waals surface area contributed by atoms with Crippen molar-refractivity contribution in [1.82, 2.24) is 20.3 Å². The number of hydrogen-bond donors (Lipinski definition) is 1. The van der Waals surface area contributed by atoms with Crippen LogP contribution in [0.5, 0.6) is 0 Å². The fourth-order valence-corrected chi connectivity index (χ4v) is 3.52. The van der Waals surface area contributed by atoms with Crippen LogP contribution in [-0.4, -0.2) is 58.5 Å². The number of carbonyl (C=O) groups excluding carboxylic acids is 2. The van der Waals surface area contributed by atoms with Crippen LogP contribution in [0.4, 0.5) is 0 Å². The van der Waals surface area contributed by atoms with Crippen molar-refractivity contribution in [3.8, 4) is 0 Å². The van der Waals surface area contributed by atoms with Gasteiger partial charge in [0, 0.05) is 31.7 Å². The number of nitrogens with zero attached hydrogens (tertiary/aromatic N) is 3. The van der Waals surface area contributed by atoms with Gasteiger partial charge in [-0.2, -0.15) is 0 Å². The molecule has 27 heavy (non-hydrogen) atoms. The number of likely N-dealkylation sites (tertiary alicyclic amines) is 1. The number of nitrogens with one attached hydrogen (secondary N) is 1. The zero-order valence-corrected chi connectivity index (χ0v) is 16.0. The van der Waals surface area contributed by atoms with Crippen molar-refractivity contribution >= 4 is 11.8 Å². The van der Waals surface area contributed by atoms with Crippen molar-refractivity contribution < 1.29 is 18.5 Å². The highest BCUT2D eigenvalue weighted by molar-refractivity contribution is 5.91. The van der Waals surface area contributed by atoms with Gasteiger partial charge in [-0.1, -0.05) is 5.16 Å². The highest BCUT2D eigenvalue weighted by Gasteiger charge is 2.39. The Balaban J connectivity index is 1.71. The topological polar surface area (TPSA) is 91.8 Å². The summed E-state index contributed by atoms with van der Waals surface area (Å²) < 4.78 is 10.5. The molecule has 1 aliphatic heterocycles. The monoisotopic (exact) mass is 374 g/mol.